The number of ether oxygens (including phenoxy) is 1. The molecule has 94 valence electrons. The lowest BCUT2D eigenvalue weighted by molar-refractivity contribution is 0.0882. The van der Waals surface area contributed by atoms with Gasteiger partial charge in [0.25, 0.3) is 0 Å². The smallest absolute Gasteiger partial charge is 0.0726 e. The first kappa shape index (κ1) is 12.6. The van der Waals surface area contributed by atoms with Crippen molar-refractivity contribution < 1.29 is 4.74 Å². The number of nitrogens with two attached hydrogens (primary N) is 1. The van der Waals surface area contributed by atoms with Crippen LogP contribution in [0.25, 0.3) is 0 Å². The van der Waals surface area contributed by atoms with Crippen LogP contribution < -0.4 is 11.1 Å². The lowest BCUT2D eigenvalue weighted by Gasteiger charge is -2.30. The van der Waals surface area contributed by atoms with Gasteiger partial charge in [-0.2, -0.15) is 0 Å². The third-order valence-electron chi connectivity index (χ3n) is 3.84. The van der Waals surface area contributed by atoms with Crippen molar-refractivity contribution in [3.63, 3.8) is 0 Å². The van der Waals surface area contributed by atoms with Crippen molar-refractivity contribution in [2.75, 3.05) is 13.2 Å². The van der Waals surface area contributed by atoms with E-state index in [2.05, 4.69) is 31.3 Å². The highest BCUT2D eigenvalue weighted by Crippen LogP contribution is 2.25. The minimum atomic E-state index is 0.0424. The van der Waals surface area contributed by atoms with Gasteiger partial charge in [-0.3, -0.25) is 0 Å². The Labute approximate surface area is 103 Å². The van der Waals surface area contributed by atoms with Crippen LogP contribution in [0.3, 0.4) is 0 Å². The van der Waals surface area contributed by atoms with Crippen molar-refractivity contribution >= 4 is 0 Å². The fraction of sp³-hybridized carbons (Fsp3) is 0.571. The first-order chi connectivity index (χ1) is 8.12. The molecular weight excluding hydrogens is 212 g/mol. The predicted molar refractivity (Wildman–Crippen MR) is 69.8 cm³/mol. The summed E-state index contributed by atoms with van der Waals surface area (Å²) in [7, 11) is 0. The van der Waals surface area contributed by atoms with Gasteiger partial charge in [0.15, 0.2) is 0 Å². The Kier molecular flexibility index (Phi) is 3.82. The Morgan fingerprint density at radius 1 is 1.47 bits per heavy atom. The molecule has 0 spiro atoms. The zero-order valence-corrected chi connectivity index (χ0v) is 10.6. The normalized spacial score (nSPS) is 30.4. The van der Waals surface area contributed by atoms with Crippen LogP contribution in [-0.4, -0.2) is 24.8 Å². The van der Waals surface area contributed by atoms with Gasteiger partial charge in [0.2, 0.25) is 0 Å². The van der Waals surface area contributed by atoms with Crippen LogP contribution in [0.2, 0.25) is 0 Å². The maximum atomic E-state index is 6.17. The molecule has 1 aliphatic heterocycles. The SMILES string of the molecule is CC1OCCC1(C)NC[C@H](N)c1ccccc1. The maximum absolute atomic E-state index is 6.17. The number of nitrogens with one attached hydrogen (secondary N) is 1. The molecule has 1 heterocycles. The monoisotopic (exact) mass is 234 g/mol. The predicted octanol–water partition coefficient (Wildman–Crippen LogP) is 1.84. The molecule has 0 radical (unpaired) electrons. The van der Waals surface area contributed by atoms with Gasteiger partial charge in [-0.05, 0) is 25.8 Å². The summed E-state index contributed by atoms with van der Waals surface area (Å²) in [6.45, 7) is 5.95. The molecule has 1 aliphatic rings. The summed E-state index contributed by atoms with van der Waals surface area (Å²) in [4.78, 5) is 0. The molecule has 1 fully saturated rings. The van der Waals surface area contributed by atoms with E-state index in [1.54, 1.807) is 0 Å². The fourth-order valence-corrected chi connectivity index (χ4v) is 2.23. The number of hydrogen-bond donors (Lipinski definition) is 2. The average molecular weight is 234 g/mol. The van der Waals surface area contributed by atoms with E-state index >= 15 is 0 Å². The topological polar surface area (TPSA) is 47.3 Å². The highest BCUT2D eigenvalue weighted by Gasteiger charge is 2.36. The largest absolute Gasteiger partial charge is 0.377 e. The molecule has 3 nitrogen and oxygen atoms in total. The summed E-state index contributed by atoms with van der Waals surface area (Å²) in [6.07, 6.45) is 1.31. The van der Waals surface area contributed by atoms with Gasteiger partial charge in [-0.15, -0.1) is 0 Å². The van der Waals surface area contributed by atoms with Crippen LogP contribution in [0.4, 0.5) is 0 Å². The van der Waals surface area contributed by atoms with Crippen molar-refractivity contribution in [3.8, 4) is 0 Å². The van der Waals surface area contributed by atoms with Crippen LogP contribution in [0.5, 0.6) is 0 Å². The zero-order chi connectivity index (χ0) is 12.3. The minimum absolute atomic E-state index is 0.0424. The summed E-state index contributed by atoms with van der Waals surface area (Å²) in [5, 5.41) is 3.56. The fourth-order valence-electron chi connectivity index (χ4n) is 2.23. The standard InChI is InChI=1S/C14H22N2O/c1-11-14(2,8-9-17-11)16-10-13(15)12-6-4-3-5-7-12/h3-7,11,13,16H,8-10,15H2,1-2H3/t11?,13-,14?/m0/s1. The summed E-state index contributed by atoms with van der Waals surface area (Å²) in [6, 6.07) is 10.3. The van der Waals surface area contributed by atoms with E-state index < -0.39 is 0 Å². The van der Waals surface area contributed by atoms with Crippen molar-refractivity contribution in [1.29, 1.82) is 0 Å². The van der Waals surface area contributed by atoms with Gasteiger partial charge in [-0.25, -0.2) is 0 Å². The van der Waals surface area contributed by atoms with Gasteiger partial charge in [0, 0.05) is 24.7 Å². The Morgan fingerprint density at radius 3 is 2.76 bits per heavy atom. The molecular formula is C14H22N2O. The van der Waals surface area contributed by atoms with Gasteiger partial charge in [0.05, 0.1) is 6.10 Å². The highest BCUT2D eigenvalue weighted by molar-refractivity contribution is 5.18. The molecule has 0 bridgehead atoms. The lowest BCUT2D eigenvalue weighted by Crippen LogP contribution is -2.50. The third-order valence-corrected chi connectivity index (χ3v) is 3.84. The molecule has 0 amide bonds. The number of hydrogen-bond acceptors (Lipinski definition) is 3. The van der Waals surface area contributed by atoms with E-state index in [-0.39, 0.29) is 17.7 Å². The van der Waals surface area contributed by atoms with Crippen LogP contribution in [-0.2, 0) is 4.74 Å². The van der Waals surface area contributed by atoms with Crippen molar-refractivity contribution in [1.82, 2.24) is 5.32 Å². The van der Waals surface area contributed by atoms with Gasteiger partial charge < -0.3 is 15.8 Å². The molecule has 0 aromatic heterocycles. The maximum Gasteiger partial charge on any atom is 0.0726 e. The van der Waals surface area contributed by atoms with E-state index in [1.807, 2.05) is 18.2 Å². The molecule has 3 heteroatoms. The molecule has 3 atom stereocenters. The Morgan fingerprint density at radius 2 is 2.18 bits per heavy atom. The van der Waals surface area contributed by atoms with Gasteiger partial charge in [0.1, 0.15) is 0 Å². The van der Waals surface area contributed by atoms with Crippen molar-refractivity contribution in [2.45, 2.75) is 38.0 Å². The Hall–Kier alpha value is -0.900. The van der Waals surface area contributed by atoms with E-state index in [0.29, 0.717) is 0 Å². The van der Waals surface area contributed by atoms with E-state index in [0.717, 1.165) is 19.6 Å². The molecule has 1 aromatic carbocycles. The van der Waals surface area contributed by atoms with E-state index in [9.17, 15) is 0 Å². The van der Waals surface area contributed by atoms with Crippen LogP contribution in [0, 0.1) is 0 Å². The molecule has 1 saturated heterocycles. The third kappa shape index (κ3) is 2.86. The van der Waals surface area contributed by atoms with Gasteiger partial charge >= 0.3 is 0 Å². The lowest BCUT2D eigenvalue weighted by atomic mass is 9.94. The summed E-state index contributed by atoms with van der Waals surface area (Å²) < 4.78 is 5.60. The Balaban J connectivity index is 1.90. The molecule has 3 N–H and O–H groups in total. The van der Waals surface area contributed by atoms with Crippen LogP contribution >= 0.6 is 0 Å². The molecule has 17 heavy (non-hydrogen) atoms. The van der Waals surface area contributed by atoms with Crippen LogP contribution in [0.15, 0.2) is 30.3 Å². The first-order valence-corrected chi connectivity index (χ1v) is 6.29. The molecule has 2 unspecified atom stereocenters. The summed E-state index contributed by atoms with van der Waals surface area (Å²) in [5.41, 5.74) is 7.41. The second-order valence-corrected chi connectivity index (χ2v) is 5.08. The average Bonchev–Trinajstić information content (AvgIpc) is 2.68. The summed E-state index contributed by atoms with van der Waals surface area (Å²) in [5.74, 6) is 0. The Bertz CT molecular complexity index is 354. The quantitative estimate of drug-likeness (QED) is 0.835. The first-order valence-electron chi connectivity index (χ1n) is 6.29. The second kappa shape index (κ2) is 5.17. The molecule has 2 rings (SSSR count). The zero-order valence-electron chi connectivity index (χ0n) is 10.6. The van der Waals surface area contributed by atoms with Crippen molar-refractivity contribution in [3.05, 3.63) is 35.9 Å². The highest BCUT2D eigenvalue weighted by atomic mass is 16.5. The van der Waals surface area contributed by atoms with Crippen molar-refractivity contribution in [2.24, 2.45) is 5.73 Å². The number of benzene rings is 1. The van der Waals surface area contributed by atoms with E-state index in [1.165, 1.54) is 5.56 Å². The molecule has 1 aromatic rings. The second-order valence-electron chi connectivity index (χ2n) is 5.08. The minimum Gasteiger partial charge on any atom is -0.377 e. The van der Waals surface area contributed by atoms with Crippen LogP contribution in [0.1, 0.15) is 31.9 Å². The van der Waals surface area contributed by atoms with Gasteiger partial charge in [-0.1, -0.05) is 30.3 Å². The van der Waals surface area contributed by atoms with E-state index in [4.69, 9.17) is 10.5 Å². The number of rotatable bonds is 4. The molecule has 0 aliphatic carbocycles. The summed E-state index contributed by atoms with van der Waals surface area (Å²) >= 11 is 0. The molecule has 0 saturated carbocycles.